The number of nitrogens with zero attached hydrogens (tertiary/aromatic N) is 4. The molecule has 0 saturated carbocycles. The van der Waals surface area contributed by atoms with Crippen LogP contribution in [0.5, 0.6) is 0 Å². The van der Waals surface area contributed by atoms with Crippen LogP contribution in [0.25, 0.3) is 5.69 Å². The van der Waals surface area contributed by atoms with Gasteiger partial charge in [0.2, 0.25) is 5.16 Å². The van der Waals surface area contributed by atoms with Crippen LogP contribution < -0.4 is 0 Å². The molecule has 0 spiro atoms. The lowest BCUT2D eigenvalue weighted by Crippen LogP contribution is -2.06. The molecular formula is C16H13FN4S. The van der Waals surface area contributed by atoms with Crippen LogP contribution in [-0.2, 0) is 12.8 Å². The van der Waals surface area contributed by atoms with Crippen LogP contribution >= 0.6 is 11.8 Å². The van der Waals surface area contributed by atoms with Gasteiger partial charge in [0.1, 0.15) is 5.82 Å². The Bertz CT molecular complexity index is 792. The maximum absolute atomic E-state index is 13.4. The normalized spacial score (nSPS) is 14.2. The third kappa shape index (κ3) is 2.50. The second-order valence-corrected chi connectivity index (χ2v) is 6.54. The Morgan fingerprint density at radius 2 is 1.82 bits per heavy atom. The molecule has 1 aliphatic carbocycles. The molecule has 0 saturated heterocycles. The summed E-state index contributed by atoms with van der Waals surface area (Å²) in [4.78, 5) is 0. The molecule has 0 unspecified atom stereocenters. The lowest BCUT2D eigenvalue weighted by molar-refractivity contribution is 0.623. The highest BCUT2D eigenvalue weighted by Crippen LogP contribution is 2.33. The summed E-state index contributed by atoms with van der Waals surface area (Å²) in [5.74, 6) is -0.294. The first kappa shape index (κ1) is 13.5. The fraction of sp³-hybridized carbons (Fsp3) is 0.188. The Labute approximate surface area is 131 Å². The molecule has 1 heterocycles. The van der Waals surface area contributed by atoms with Gasteiger partial charge in [-0.05, 0) is 52.6 Å². The average molecular weight is 312 g/mol. The molecule has 22 heavy (non-hydrogen) atoms. The van der Waals surface area contributed by atoms with Crippen molar-refractivity contribution in [1.29, 1.82) is 0 Å². The van der Waals surface area contributed by atoms with Crippen LogP contribution in [0.3, 0.4) is 0 Å². The number of hydrogen-bond donors (Lipinski definition) is 0. The topological polar surface area (TPSA) is 43.6 Å². The van der Waals surface area contributed by atoms with Crippen molar-refractivity contribution >= 4 is 11.8 Å². The van der Waals surface area contributed by atoms with Crippen LogP contribution in [0.15, 0.2) is 53.7 Å². The van der Waals surface area contributed by atoms with Gasteiger partial charge in [0, 0.05) is 5.25 Å². The highest BCUT2D eigenvalue weighted by atomic mass is 32.2. The van der Waals surface area contributed by atoms with Gasteiger partial charge in [-0.1, -0.05) is 42.1 Å². The second-order valence-electron chi connectivity index (χ2n) is 5.27. The molecule has 110 valence electrons. The Hall–Kier alpha value is -2.21. The zero-order valence-electron chi connectivity index (χ0n) is 11.7. The number of benzene rings is 2. The van der Waals surface area contributed by atoms with Crippen molar-refractivity contribution in [1.82, 2.24) is 20.2 Å². The monoisotopic (exact) mass is 312 g/mol. The molecule has 4 rings (SSSR count). The van der Waals surface area contributed by atoms with E-state index in [0.717, 1.165) is 12.8 Å². The maximum Gasteiger partial charge on any atom is 0.214 e. The van der Waals surface area contributed by atoms with Crippen LogP contribution in [0.1, 0.15) is 11.1 Å². The van der Waals surface area contributed by atoms with Crippen LogP contribution in [0.4, 0.5) is 4.39 Å². The first-order valence-corrected chi connectivity index (χ1v) is 7.95. The third-order valence-corrected chi connectivity index (χ3v) is 4.91. The van der Waals surface area contributed by atoms with Crippen molar-refractivity contribution < 1.29 is 4.39 Å². The molecule has 0 N–H and O–H groups in total. The fourth-order valence-electron chi connectivity index (χ4n) is 2.77. The van der Waals surface area contributed by atoms with Crippen molar-refractivity contribution in [3.05, 3.63) is 65.5 Å². The Kier molecular flexibility index (Phi) is 3.38. The molecular weight excluding hydrogens is 299 g/mol. The van der Waals surface area contributed by atoms with Crippen LogP contribution in [0, 0.1) is 5.82 Å². The molecule has 0 bridgehead atoms. The van der Waals surface area contributed by atoms with Crippen molar-refractivity contribution in [3.63, 3.8) is 0 Å². The quantitative estimate of drug-likeness (QED) is 0.745. The number of tetrazole rings is 1. The van der Waals surface area contributed by atoms with Gasteiger partial charge in [-0.15, -0.1) is 5.10 Å². The molecule has 0 radical (unpaired) electrons. The predicted molar refractivity (Wildman–Crippen MR) is 82.6 cm³/mol. The van der Waals surface area contributed by atoms with Gasteiger partial charge in [-0.2, -0.15) is 4.68 Å². The summed E-state index contributed by atoms with van der Waals surface area (Å²) in [6, 6.07) is 14.8. The Morgan fingerprint density at radius 1 is 1.05 bits per heavy atom. The minimum atomic E-state index is -0.294. The SMILES string of the molecule is Fc1cccc(-n2nnnc2SC2Cc3ccccc3C2)c1. The maximum atomic E-state index is 13.4. The molecule has 0 amide bonds. The molecule has 6 heteroatoms. The molecule has 0 fully saturated rings. The van der Waals surface area contributed by atoms with Crippen LogP contribution in [-0.4, -0.2) is 25.5 Å². The van der Waals surface area contributed by atoms with Gasteiger partial charge >= 0.3 is 0 Å². The summed E-state index contributed by atoms with van der Waals surface area (Å²) < 4.78 is 15.0. The van der Waals surface area contributed by atoms with Crippen molar-refractivity contribution in [3.8, 4) is 5.69 Å². The number of halogens is 1. The first-order valence-electron chi connectivity index (χ1n) is 7.07. The van der Waals surface area contributed by atoms with E-state index < -0.39 is 0 Å². The largest absolute Gasteiger partial charge is 0.214 e. The van der Waals surface area contributed by atoms with E-state index in [1.807, 2.05) is 0 Å². The number of aromatic nitrogens is 4. The molecule has 3 aromatic rings. The summed E-state index contributed by atoms with van der Waals surface area (Å²) in [7, 11) is 0. The summed E-state index contributed by atoms with van der Waals surface area (Å²) >= 11 is 1.65. The number of fused-ring (bicyclic) bond motifs is 1. The summed E-state index contributed by atoms with van der Waals surface area (Å²) in [6.07, 6.45) is 2.02. The van der Waals surface area contributed by atoms with Gasteiger partial charge in [-0.25, -0.2) is 4.39 Å². The van der Waals surface area contributed by atoms with Crippen molar-refractivity contribution in [2.24, 2.45) is 0 Å². The number of thioether (sulfide) groups is 1. The minimum Gasteiger partial charge on any atom is -0.207 e. The van der Waals surface area contributed by atoms with E-state index in [1.165, 1.54) is 23.3 Å². The fourth-order valence-corrected chi connectivity index (χ4v) is 3.92. The third-order valence-electron chi connectivity index (χ3n) is 3.78. The average Bonchev–Trinajstić information content (AvgIpc) is 3.13. The molecule has 0 aliphatic heterocycles. The highest BCUT2D eigenvalue weighted by Gasteiger charge is 2.24. The second kappa shape index (κ2) is 5.53. The summed E-state index contributed by atoms with van der Waals surface area (Å²) in [6.45, 7) is 0. The Morgan fingerprint density at radius 3 is 2.55 bits per heavy atom. The smallest absolute Gasteiger partial charge is 0.207 e. The van der Waals surface area contributed by atoms with E-state index in [0.29, 0.717) is 16.1 Å². The van der Waals surface area contributed by atoms with Gasteiger partial charge < -0.3 is 0 Å². The van der Waals surface area contributed by atoms with E-state index >= 15 is 0 Å². The molecule has 4 nitrogen and oxygen atoms in total. The van der Waals surface area contributed by atoms with E-state index in [2.05, 4.69) is 39.8 Å². The lowest BCUT2D eigenvalue weighted by atomic mass is 10.1. The zero-order chi connectivity index (χ0) is 14.9. The molecule has 2 aromatic carbocycles. The zero-order valence-corrected chi connectivity index (χ0v) is 12.5. The minimum absolute atomic E-state index is 0.294. The molecule has 0 atom stereocenters. The van der Waals surface area contributed by atoms with Gasteiger partial charge in [0.15, 0.2) is 0 Å². The summed E-state index contributed by atoms with van der Waals surface area (Å²) in [5, 5.41) is 12.9. The van der Waals surface area contributed by atoms with Crippen LogP contribution in [0.2, 0.25) is 0 Å². The molecule has 1 aliphatic rings. The number of hydrogen-bond acceptors (Lipinski definition) is 4. The standard InChI is InChI=1S/C16H13FN4S/c17-13-6-3-7-14(10-13)21-16(18-19-20-21)22-15-8-11-4-1-2-5-12(11)9-15/h1-7,10,15H,8-9H2. The van der Waals surface area contributed by atoms with Gasteiger partial charge in [0.05, 0.1) is 5.69 Å². The van der Waals surface area contributed by atoms with Crippen molar-refractivity contribution in [2.45, 2.75) is 23.2 Å². The summed E-state index contributed by atoms with van der Waals surface area (Å²) in [5.41, 5.74) is 3.43. The lowest BCUT2D eigenvalue weighted by Gasteiger charge is -2.08. The van der Waals surface area contributed by atoms with Gasteiger partial charge in [-0.3, -0.25) is 0 Å². The van der Waals surface area contributed by atoms with E-state index in [-0.39, 0.29) is 5.82 Å². The Balaban J connectivity index is 1.57. The number of rotatable bonds is 3. The van der Waals surface area contributed by atoms with E-state index in [4.69, 9.17) is 0 Å². The van der Waals surface area contributed by atoms with Gasteiger partial charge in [0.25, 0.3) is 0 Å². The highest BCUT2D eigenvalue weighted by molar-refractivity contribution is 7.99. The predicted octanol–water partition coefficient (Wildman–Crippen LogP) is 3.06. The first-order chi connectivity index (χ1) is 10.8. The van der Waals surface area contributed by atoms with E-state index in [1.54, 1.807) is 28.6 Å². The molecule has 1 aromatic heterocycles. The van der Waals surface area contributed by atoms with Crippen molar-refractivity contribution in [2.75, 3.05) is 0 Å². The van der Waals surface area contributed by atoms with E-state index in [9.17, 15) is 4.39 Å².